The summed E-state index contributed by atoms with van der Waals surface area (Å²) >= 11 is 0. The highest BCUT2D eigenvalue weighted by atomic mass is 16.2. The summed E-state index contributed by atoms with van der Waals surface area (Å²) < 4.78 is 0. The lowest BCUT2D eigenvalue weighted by molar-refractivity contribution is -0.133. The molecule has 1 aromatic rings. The second kappa shape index (κ2) is 7.11. The lowest BCUT2D eigenvalue weighted by Crippen LogP contribution is -2.43. The van der Waals surface area contributed by atoms with Crippen molar-refractivity contribution in [3.05, 3.63) is 41.2 Å². The number of carbonyl (C=O) groups is 1. The molecule has 0 radical (unpaired) electrons. The molecule has 2 heterocycles. The third kappa shape index (κ3) is 3.79. The van der Waals surface area contributed by atoms with Crippen molar-refractivity contribution < 1.29 is 4.79 Å². The Labute approximate surface area is 137 Å². The van der Waals surface area contributed by atoms with Gasteiger partial charge in [0.25, 0.3) is 0 Å². The molecular formula is C19H21N3O. The van der Waals surface area contributed by atoms with Gasteiger partial charge in [-0.25, -0.2) is 4.98 Å². The SMILES string of the molecule is CCCC(=O)N1CC/C(=C\C#Cc2cc(C#N)ccn2)C1(C)C. The molecule has 0 unspecified atom stereocenters. The molecule has 0 atom stereocenters. The first-order chi connectivity index (χ1) is 11.0. The molecule has 1 aliphatic heterocycles. The maximum absolute atomic E-state index is 12.2. The molecule has 0 spiro atoms. The van der Waals surface area contributed by atoms with E-state index in [-0.39, 0.29) is 11.4 Å². The maximum atomic E-state index is 12.2. The topological polar surface area (TPSA) is 57.0 Å². The molecule has 4 heteroatoms. The molecule has 23 heavy (non-hydrogen) atoms. The number of allylic oxidation sites excluding steroid dienone is 1. The summed E-state index contributed by atoms with van der Waals surface area (Å²) in [5.74, 6) is 6.19. The van der Waals surface area contributed by atoms with Crippen molar-refractivity contribution in [2.75, 3.05) is 6.54 Å². The number of likely N-dealkylation sites (tertiary alicyclic amines) is 1. The lowest BCUT2D eigenvalue weighted by Gasteiger charge is -2.32. The summed E-state index contributed by atoms with van der Waals surface area (Å²) in [7, 11) is 0. The molecule has 0 bridgehead atoms. The third-order valence-electron chi connectivity index (χ3n) is 4.17. The number of hydrogen-bond acceptors (Lipinski definition) is 3. The first-order valence-corrected chi connectivity index (χ1v) is 7.86. The second-order valence-electron chi connectivity index (χ2n) is 6.08. The van der Waals surface area contributed by atoms with Crippen molar-refractivity contribution in [1.29, 1.82) is 5.26 Å². The molecule has 1 aromatic heterocycles. The Balaban J connectivity index is 2.17. The Hall–Kier alpha value is -2.59. The highest BCUT2D eigenvalue weighted by Crippen LogP contribution is 2.34. The van der Waals surface area contributed by atoms with Crippen LogP contribution in [0.3, 0.4) is 0 Å². The number of aromatic nitrogens is 1. The van der Waals surface area contributed by atoms with Crippen LogP contribution in [0.5, 0.6) is 0 Å². The molecule has 1 aliphatic rings. The number of nitriles is 1. The first kappa shape index (κ1) is 16.8. The number of hydrogen-bond donors (Lipinski definition) is 0. The largest absolute Gasteiger partial charge is 0.333 e. The molecule has 0 aromatic carbocycles. The van der Waals surface area contributed by atoms with Gasteiger partial charge >= 0.3 is 0 Å². The number of pyridine rings is 1. The highest BCUT2D eigenvalue weighted by molar-refractivity contribution is 5.78. The molecule has 0 saturated carbocycles. The summed E-state index contributed by atoms with van der Waals surface area (Å²) in [5.41, 5.74) is 2.00. The summed E-state index contributed by atoms with van der Waals surface area (Å²) in [4.78, 5) is 18.3. The van der Waals surface area contributed by atoms with Gasteiger partial charge in [0.15, 0.2) is 0 Å². The van der Waals surface area contributed by atoms with Gasteiger partial charge in [-0.3, -0.25) is 4.79 Å². The Morgan fingerprint density at radius 1 is 1.52 bits per heavy atom. The van der Waals surface area contributed by atoms with Gasteiger partial charge in [-0.15, -0.1) is 0 Å². The maximum Gasteiger partial charge on any atom is 0.223 e. The molecular weight excluding hydrogens is 286 g/mol. The van der Waals surface area contributed by atoms with Crippen LogP contribution in [0.2, 0.25) is 0 Å². The van der Waals surface area contributed by atoms with E-state index in [1.807, 2.05) is 17.9 Å². The molecule has 0 N–H and O–H groups in total. The predicted octanol–water partition coefficient (Wildman–Crippen LogP) is 3.04. The van der Waals surface area contributed by atoms with Gasteiger partial charge in [0.1, 0.15) is 5.69 Å². The van der Waals surface area contributed by atoms with Gasteiger partial charge < -0.3 is 4.90 Å². The van der Waals surface area contributed by atoms with Crippen molar-refractivity contribution in [2.45, 2.75) is 45.6 Å². The van der Waals surface area contributed by atoms with Crippen LogP contribution in [0.25, 0.3) is 0 Å². The number of carbonyl (C=O) groups excluding carboxylic acids is 1. The normalized spacial score (nSPS) is 17.5. The van der Waals surface area contributed by atoms with E-state index in [4.69, 9.17) is 5.26 Å². The van der Waals surface area contributed by atoms with Crippen molar-refractivity contribution in [3.8, 4) is 17.9 Å². The van der Waals surface area contributed by atoms with Crippen molar-refractivity contribution >= 4 is 5.91 Å². The van der Waals surface area contributed by atoms with E-state index in [0.717, 1.165) is 25.0 Å². The van der Waals surface area contributed by atoms with Gasteiger partial charge in [-0.05, 0) is 56.4 Å². The van der Waals surface area contributed by atoms with E-state index in [0.29, 0.717) is 17.7 Å². The average molecular weight is 307 g/mol. The van der Waals surface area contributed by atoms with E-state index >= 15 is 0 Å². The van der Waals surface area contributed by atoms with Crippen LogP contribution in [0.1, 0.15) is 51.3 Å². The zero-order valence-electron chi connectivity index (χ0n) is 13.9. The zero-order chi connectivity index (χ0) is 16.9. The predicted molar refractivity (Wildman–Crippen MR) is 89.2 cm³/mol. The summed E-state index contributed by atoms with van der Waals surface area (Å²) in [5, 5.41) is 8.88. The molecule has 1 fully saturated rings. The Kier molecular flexibility index (Phi) is 5.19. The standard InChI is InChI=1S/C19H21N3O/c1-4-6-18(23)22-12-10-16(19(22,2)3)7-5-8-17-13-15(14-20)9-11-21-17/h7,9,11,13H,4,6,10,12H2,1-3H3/b16-7+. The number of rotatable bonds is 2. The van der Waals surface area contributed by atoms with E-state index in [1.165, 1.54) is 0 Å². The van der Waals surface area contributed by atoms with Crippen LogP contribution in [-0.2, 0) is 4.79 Å². The Bertz CT molecular complexity index is 729. The molecule has 2 rings (SSSR count). The van der Waals surface area contributed by atoms with Crippen molar-refractivity contribution in [3.63, 3.8) is 0 Å². The lowest BCUT2D eigenvalue weighted by atomic mass is 9.94. The minimum atomic E-state index is -0.289. The zero-order valence-corrected chi connectivity index (χ0v) is 13.9. The van der Waals surface area contributed by atoms with Crippen LogP contribution >= 0.6 is 0 Å². The highest BCUT2D eigenvalue weighted by Gasteiger charge is 2.38. The quantitative estimate of drug-likeness (QED) is 0.789. The fourth-order valence-corrected chi connectivity index (χ4v) is 2.79. The van der Waals surface area contributed by atoms with Crippen LogP contribution in [0, 0.1) is 23.2 Å². The monoisotopic (exact) mass is 307 g/mol. The summed E-state index contributed by atoms with van der Waals surface area (Å²) in [6.07, 6.45) is 5.78. The number of nitrogens with zero attached hydrogens (tertiary/aromatic N) is 3. The van der Waals surface area contributed by atoms with E-state index < -0.39 is 0 Å². The molecule has 0 aliphatic carbocycles. The minimum Gasteiger partial charge on any atom is -0.333 e. The summed E-state index contributed by atoms with van der Waals surface area (Å²) in [6.45, 7) is 6.90. The van der Waals surface area contributed by atoms with Crippen LogP contribution in [0.4, 0.5) is 0 Å². The van der Waals surface area contributed by atoms with Crippen molar-refractivity contribution in [1.82, 2.24) is 9.88 Å². The van der Waals surface area contributed by atoms with Crippen LogP contribution in [0.15, 0.2) is 30.0 Å². The summed E-state index contributed by atoms with van der Waals surface area (Å²) in [6, 6.07) is 5.40. The third-order valence-corrected chi connectivity index (χ3v) is 4.17. The fraction of sp³-hybridized carbons (Fsp3) is 0.421. The fourth-order valence-electron chi connectivity index (χ4n) is 2.79. The smallest absolute Gasteiger partial charge is 0.223 e. The van der Waals surface area contributed by atoms with Gasteiger partial charge in [-0.2, -0.15) is 5.26 Å². The van der Waals surface area contributed by atoms with Gasteiger partial charge in [0.05, 0.1) is 17.2 Å². The van der Waals surface area contributed by atoms with Gasteiger partial charge in [-0.1, -0.05) is 12.8 Å². The molecule has 1 saturated heterocycles. The van der Waals surface area contributed by atoms with E-state index in [9.17, 15) is 4.79 Å². The van der Waals surface area contributed by atoms with Crippen molar-refractivity contribution in [2.24, 2.45) is 0 Å². The van der Waals surface area contributed by atoms with Crippen LogP contribution in [-0.4, -0.2) is 27.9 Å². The van der Waals surface area contributed by atoms with Crippen LogP contribution < -0.4 is 0 Å². The van der Waals surface area contributed by atoms with Gasteiger partial charge in [0, 0.05) is 19.2 Å². The van der Waals surface area contributed by atoms with Gasteiger partial charge in [0.2, 0.25) is 5.91 Å². The first-order valence-electron chi connectivity index (χ1n) is 7.86. The average Bonchev–Trinajstić information content (AvgIpc) is 2.82. The molecule has 1 amide bonds. The Morgan fingerprint density at radius 2 is 2.30 bits per heavy atom. The van der Waals surface area contributed by atoms with E-state index in [2.05, 4.69) is 36.7 Å². The van der Waals surface area contributed by atoms with E-state index in [1.54, 1.807) is 18.3 Å². The number of amides is 1. The molecule has 4 nitrogen and oxygen atoms in total. The molecule has 118 valence electrons. The Morgan fingerprint density at radius 3 is 3.00 bits per heavy atom. The second-order valence-corrected chi connectivity index (χ2v) is 6.08. The minimum absolute atomic E-state index is 0.206.